The van der Waals surface area contributed by atoms with Gasteiger partial charge >= 0.3 is 6.18 Å². The number of alkyl halides is 3. The molecule has 0 aliphatic heterocycles. The predicted molar refractivity (Wildman–Crippen MR) is 144 cm³/mol. The summed E-state index contributed by atoms with van der Waals surface area (Å²) >= 11 is 0. The molecule has 4 heterocycles. The van der Waals surface area contributed by atoms with Crippen LogP contribution in [0.2, 0.25) is 0 Å². The Balaban J connectivity index is 0.000000148. The van der Waals surface area contributed by atoms with Gasteiger partial charge in [-0.25, -0.2) is 22.5 Å². The van der Waals surface area contributed by atoms with Gasteiger partial charge in [-0.05, 0) is 60.7 Å². The highest BCUT2D eigenvalue weighted by molar-refractivity contribution is 5.60. The Morgan fingerprint density at radius 2 is 0.977 bits per heavy atom. The fourth-order valence-corrected chi connectivity index (χ4v) is 3.44. The van der Waals surface area contributed by atoms with E-state index in [9.17, 15) is 30.7 Å². The molecule has 0 atom stereocenters. The van der Waals surface area contributed by atoms with Gasteiger partial charge in [0.15, 0.2) is 5.82 Å². The fourth-order valence-electron chi connectivity index (χ4n) is 3.44. The van der Waals surface area contributed by atoms with Crippen molar-refractivity contribution >= 4 is 0 Å². The maximum absolute atomic E-state index is 13.3. The average molecular weight is 597 g/mol. The van der Waals surface area contributed by atoms with E-state index in [1.165, 1.54) is 36.5 Å². The number of hydrogen-bond acceptors (Lipinski definition) is 5. The number of rotatable bonds is 3. The Labute approximate surface area is 240 Å². The molecule has 1 N–H and O–H groups in total. The number of nitrogens with zero attached hydrogens (tertiary/aromatic N) is 5. The van der Waals surface area contributed by atoms with Crippen molar-refractivity contribution < 1.29 is 30.7 Å². The van der Waals surface area contributed by atoms with E-state index in [1.54, 1.807) is 60.9 Å². The minimum absolute atomic E-state index is 0.0667. The molecular formula is C30H19F7N6. The van der Waals surface area contributed by atoms with E-state index >= 15 is 0 Å². The lowest BCUT2D eigenvalue weighted by molar-refractivity contribution is -0.144. The van der Waals surface area contributed by atoms with Crippen LogP contribution in [0, 0.1) is 23.3 Å². The highest BCUT2D eigenvalue weighted by atomic mass is 19.4. The van der Waals surface area contributed by atoms with Crippen LogP contribution < -0.4 is 0 Å². The molecule has 13 heteroatoms. The SMILES string of the molecule is FC(F)(F)c1nc(-c2ccccn2)n[nH]1.Fc1ccc(-c2ccccn2)c(F)c1.Fc1ccc(-c2ccccn2)c(F)c1. The molecule has 6 nitrogen and oxygen atoms in total. The molecular weight excluding hydrogens is 577 g/mol. The lowest BCUT2D eigenvalue weighted by Gasteiger charge is -2.01. The smallest absolute Gasteiger partial charge is 0.256 e. The van der Waals surface area contributed by atoms with Gasteiger partial charge in [-0.1, -0.05) is 18.2 Å². The first kappa shape index (κ1) is 30.5. The Morgan fingerprint density at radius 3 is 1.33 bits per heavy atom. The van der Waals surface area contributed by atoms with E-state index in [4.69, 9.17) is 0 Å². The predicted octanol–water partition coefficient (Wildman–Crippen LogP) is 7.94. The second-order valence-electron chi connectivity index (χ2n) is 8.40. The second-order valence-corrected chi connectivity index (χ2v) is 8.40. The van der Waals surface area contributed by atoms with E-state index in [0.29, 0.717) is 28.2 Å². The summed E-state index contributed by atoms with van der Waals surface area (Å²) in [7, 11) is 0. The first-order chi connectivity index (χ1) is 20.6. The molecule has 0 aliphatic carbocycles. The van der Waals surface area contributed by atoms with E-state index in [-0.39, 0.29) is 5.82 Å². The Bertz CT molecular complexity index is 1660. The molecule has 2 aromatic carbocycles. The highest BCUT2D eigenvalue weighted by Gasteiger charge is 2.35. The summed E-state index contributed by atoms with van der Waals surface area (Å²) in [5, 5.41) is 5.25. The minimum atomic E-state index is -4.51. The lowest BCUT2D eigenvalue weighted by Crippen LogP contribution is -2.07. The largest absolute Gasteiger partial charge is 0.451 e. The van der Waals surface area contributed by atoms with Crippen LogP contribution >= 0.6 is 0 Å². The van der Waals surface area contributed by atoms with Crippen LogP contribution in [-0.2, 0) is 6.18 Å². The quantitative estimate of drug-likeness (QED) is 0.210. The van der Waals surface area contributed by atoms with Gasteiger partial charge in [-0.3, -0.25) is 20.1 Å². The Kier molecular flexibility index (Phi) is 9.89. The summed E-state index contributed by atoms with van der Waals surface area (Å²) in [6.07, 6.45) is 0.0786. The van der Waals surface area contributed by atoms with Crippen molar-refractivity contribution in [3.63, 3.8) is 0 Å². The first-order valence-electron chi connectivity index (χ1n) is 12.3. The number of aromatic amines is 1. The van der Waals surface area contributed by atoms with Crippen molar-refractivity contribution in [2.45, 2.75) is 6.18 Å². The maximum Gasteiger partial charge on any atom is 0.451 e. The molecule has 0 spiro atoms. The molecule has 0 saturated heterocycles. The third kappa shape index (κ3) is 8.52. The van der Waals surface area contributed by atoms with Crippen LogP contribution in [0.25, 0.3) is 34.0 Å². The zero-order valence-electron chi connectivity index (χ0n) is 21.8. The Morgan fingerprint density at radius 1 is 0.535 bits per heavy atom. The molecule has 0 radical (unpaired) electrons. The normalized spacial score (nSPS) is 10.7. The van der Waals surface area contributed by atoms with Crippen LogP contribution in [0.4, 0.5) is 30.7 Å². The number of pyridine rings is 3. The average Bonchev–Trinajstić information content (AvgIpc) is 3.51. The number of nitrogens with one attached hydrogen (secondary N) is 1. The molecule has 218 valence electrons. The van der Waals surface area contributed by atoms with Gasteiger partial charge in [0.25, 0.3) is 0 Å². The zero-order chi connectivity index (χ0) is 30.8. The van der Waals surface area contributed by atoms with Crippen molar-refractivity contribution in [2.75, 3.05) is 0 Å². The summed E-state index contributed by atoms with van der Waals surface area (Å²) in [6, 6.07) is 22.1. The summed E-state index contributed by atoms with van der Waals surface area (Å²) in [5.41, 5.74) is 1.93. The van der Waals surface area contributed by atoms with Crippen molar-refractivity contribution in [1.82, 2.24) is 30.1 Å². The molecule has 0 saturated carbocycles. The van der Waals surface area contributed by atoms with Crippen molar-refractivity contribution in [2.24, 2.45) is 0 Å². The van der Waals surface area contributed by atoms with Gasteiger partial charge < -0.3 is 0 Å². The topological polar surface area (TPSA) is 80.2 Å². The first-order valence-corrected chi connectivity index (χ1v) is 12.3. The zero-order valence-corrected chi connectivity index (χ0v) is 21.8. The second kappa shape index (κ2) is 13.9. The van der Waals surface area contributed by atoms with Gasteiger partial charge in [0, 0.05) is 41.9 Å². The summed E-state index contributed by atoms with van der Waals surface area (Å²) < 4.78 is 88.2. The van der Waals surface area contributed by atoms with Crippen molar-refractivity contribution in [1.29, 1.82) is 0 Å². The number of hydrogen-bond donors (Lipinski definition) is 1. The highest BCUT2D eigenvalue weighted by Crippen LogP contribution is 2.27. The Hall–Kier alpha value is -5.46. The van der Waals surface area contributed by atoms with E-state index < -0.39 is 35.3 Å². The molecule has 43 heavy (non-hydrogen) atoms. The van der Waals surface area contributed by atoms with Gasteiger partial charge in [0.2, 0.25) is 5.82 Å². The van der Waals surface area contributed by atoms with Crippen LogP contribution in [-0.4, -0.2) is 30.1 Å². The molecule has 4 aromatic heterocycles. The number of benzene rings is 2. The van der Waals surface area contributed by atoms with Crippen LogP contribution in [0.15, 0.2) is 110 Å². The molecule has 6 rings (SSSR count). The maximum atomic E-state index is 13.3. The summed E-state index contributed by atoms with van der Waals surface area (Å²) in [6.45, 7) is 0. The summed E-state index contributed by atoms with van der Waals surface area (Å²) in [4.78, 5) is 15.1. The molecule has 0 aliphatic rings. The number of halogens is 7. The molecule has 0 amide bonds. The monoisotopic (exact) mass is 596 g/mol. The van der Waals surface area contributed by atoms with Crippen LogP contribution in [0.3, 0.4) is 0 Å². The lowest BCUT2D eigenvalue weighted by atomic mass is 10.1. The fraction of sp³-hybridized carbons (Fsp3) is 0.0333. The minimum Gasteiger partial charge on any atom is -0.256 e. The van der Waals surface area contributed by atoms with Gasteiger partial charge in [-0.2, -0.15) is 18.3 Å². The van der Waals surface area contributed by atoms with E-state index in [0.717, 1.165) is 12.1 Å². The molecule has 6 aromatic rings. The van der Waals surface area contributed by atoms with Crippen LogP contribution in [0.1, 0.15) is 5.82 Å². The number of aromatic nitrogens is 6. The number of H-pyrrole nitrogens is 1. The van der Waals surface area contributed by atoms with Crippen molar-refractivity contribution in [3.05, 3.63) is 139 Å². The standard InChI is InChI=1S/2C11H7F2N.C8H5F3N4/c2*12-8-4-5-9(10(13)7-8)11-3-1-2-6-14-11;9-8(10,11)7-13-6(14-15-7)5-3-1-2-4-12-5/h2*1-7H;1-4H,(H,13,14,15). The summed E-state index contributed by atoms with van der Waals surface area (Å²) in [5.74, 6) is -3.54. The molecule has 0 bridgehead atoms. The molecule has 0 fully saturated rings. The third-order valence-electron chi connectivity index (χ3n) is 5.39. The van der Waals surface area contributed by atoms with Gasteiger partial charge in [0.05, 0.1) is 11.4 Å². The van der Waals surface area contributed by atoms with Crippen LogP contribution in [0.5, 0.6) is 0 Å². The van der Waals surface area contributed by atoms with Gasteiger partial charge in [0.1, 0.15) is 29.0 Å². The van der Waals surface area contributed by atoms with E-state index in [1.807, 2.05) is 5.10 Å². The van der Waals surface area contributed by atoms with Gasteiger partial charge in [-0.15, -0.1) is 0 Å². The third-order valence-corrected chi connectivity index (χ3v) is 5.39. The van der Waals surface area contributed by atoms with Crippen molar-refractivity contribution in [3.8, 4) is 34.0 Å². The van der Waals surface area contributed by atoms with E-state index in [2.05, 4.69) is 25.0 Å². The molecule has 0 unspecified atom stereocenters.